The van der Waals surface area contributed by atoms with E-state index < -0.39 is 0 Å². The largest absolute Gasteiger partial charge is 0.453 e. The second kappa shape index (κ2) is 5.82. The van der Waals surface area contributed by atoms with Gasteiger partial charge in [0.2, 0.25) is 0 Å². The summed E-state index contributed by atoms with van der Waals surface area (Å²) in [7, 11) is 0. The molecule has 0 bridgehead atoms. The molecule has 3 aromatic rings. The third kappa shape index (κ3) is 2.57. The summed E-state index contributed by atoms with van der Waals surface area (Å²) in [4.78, 5) is 35.2. The molecule has 0 aliphatic heterocycles. The Bertz CT molecular complexity index is 991. The van der Waals surface area contributed by atoms with Crippen LogP contribution >= 0.6 is 22.7 Å². The average Bonchev–Trinajstić information content (AvgIpc) is 3.19. The van der Waals surface area contributed by atoms with Gasteiger partial charge in [0.15, 0.2) is 0 Å². The predicted octanol–water partition coefficient (Wildman–Crippen LogP) is 3.51. The number of aryl methyl sites for hydroxylation is 4. The van der Waals surface area contributed by atoms with Crippen LogP contribution in [0.1, 0.15) is 42.8 Å². The Morgan fingerprint density at radius 2 is 2.17 bits per heavy atom. The highest BCUT2D eigenvalue weighted by Gasteiger charge is 2.20. The van der Waals surface area contributed by atoms with Crippen LogP contribution in [0.15, 0.2) is 10.9 Å². The number of ether oxygens (including phenoxy) is 1. The summed E-state index contributed by atoms with van der Waals surface area (Å²) in [5.74, 6) is 0.0295. The van der Waals surface area contributed by atoms with E-state index in [0.29, 0.717) is 20.9 Å². The van der Waals surface area contributed by atoms with Crippen molar-refractivity contribution in [3.8, 4) is 0 Å². The Balaban J connectivity index is 1.54. The molecule has 0 saturated heterocycles. The minimum atomic E-state index is -0.351. The third-order valence-corrected chi connectivity index (χ3v) is 6.69. The number of thiophene rings is 2. The molecular formula is C17H16N2O3S2. The zero-order chi connectivity index (χ0) is 16.8. The fourth-order valence-electron chi connectivity index (χ4n) is 3.00. The molecular weight excluding hydrogens is 344 g/mol. The lowest BCUT2D eigenvalue weighted by Gasteiger charge is -2.03. The molecule has 0 radical (unpaired) electrons. The minimum Gasteiger partial charge on any atom is -0.453 e. The van der Waals surface area contributed by atoms with Gasteiger partial charge in [-0.3, -0.25) is 4.79 Å². The van der Waals surface area contributed by atoms with Crippen LogP contribution in [0.25, 0.3) is 10.2 Å². The van der Waals surface area contributed by atoms with E-state index in [2.05, 4.69) is 9.97 Å². The first-order chi connectivity index (χ1) is 11.5. The number of fused-ring (bicyclic) bond motifs is 2. The molecule has 124 valence electrons. The highest BCUT2D eigenvalue weighted by atomic mass is 32.1. The molecule has 0 spiro atoms. The van der Waals surface area contributed by atoms with Crippen LogP contribution in [0.4, 0.5) is 0 Å². The predicted molar refractivity (Wildman–Crippen MR) is 95.2 cm³/mol. The number of H-pyrrole nitrogens is 1. The van der Waals surface area contributed by atoms with Crippen LogP contribution in [0.3, 0.4) is 0 Å². The molecule has 0 unspecified atom stereocenters. The number of carbonyl (C=O) groups is 1. The average molecular weight is 360 g/mol. The lowest BCUT2D eigenvalue weighted by molar-refractivity contribution is 0.0468. The number of nitrogens with one attached hydrogen (secondary N) is 1. The Labute approximate surface area is 146 Å². The summed E-state index contributed by atoms with van der Waals surface area (Å²) in [5, 5.41) is 0.627. The second-order valence-electron chi connectivity index (χ2n) is 5.96. The summed E-state index contributed by atoms with van der Waals surface area (Å²) in [6, 6.07) is 1.93. The van der Waals surface area contributed by atoms with Gasteiger partial charge in [-0.2, -0.15) is 0 Å². The first-order valence-electron chi connectivity index (χ1n) is 7.80. The van der Waals surface area contributed by atoms with Crippen LogP contribution in [0, 0.1) is 13.8 Å². The summed E-state index contributed by atoms with van der Waals surface area (Å²) in [5.41, 5.74) is 2.05. The molecule has 0 atom stereocenters. The van der Waals surface area contributed by atoms with E-state index in [-0.39, 0.29) is 18.1 Å². The molecule has 3 aromatic heterocycles. The number of nitrogens with zero attached hydrogens (tertiary/aromatic N) is 1. The Hall–Kier alpha value is -1.99. The maximum absolute atomic E-state index is 12.2. The highest BCUT2D eigenvalue weighted by molar-refractivity contribution is 7.18. The lowest BCUT2D eigenvalue weighted by Crippen LogP contribution is -2.14. The van der Waals surface area contributed by atoms with Crippen molar-refractivity contribution in [2.45, 2.75) is 39.7 Å². The topological polar surface area (TPSA) is 72.0 Å². The fourth-order valence-corrected chi connectivity index (χ4v) is 5.20. The summed E-state index contributed by atoms with van der Waals surface area (Å²) in [6.07, 6.45) is 3.26. The van der Waals surface area contributed by atoms with Crippen LogP contribution in [-0.2, 0) is 24.2 Å². The molecule has 4 rings (SSSR count). The van der Waals surface area contributed by atoms with E-state index in [1.165, 1.54) is 39.5 Å². The van der Waals surface area contributed by atoms with Gasteiger partial charge in [0.05, 0.1) is 5.39 Å². The summed E-state index contributed by atoms with van der Waals surface area (Å²) in [6.45, 7) is 3.86. The smallest absolute Gasteiger partial charge is 0.348 e. The zero-order valence-electron chi connectivity index (χ0n) is 13.4. The molecule has 24 heavy (non-hydrogen) atoms. The summed E-state index contributed by atoms with van der Waals surface area (Å²) < 4.78 is 5.34. The van der Waals surface area contributed by atoms with Gasteiger partial charge in [-0.1, -0.05) is 0 Å². The number of hydrogen-bond donors (Lipinski definition) is 1. The molecule has 0 aromatic carbocycles. The van der Waals surface area contributed by atoms with E-state index in [1.807, 2.05) is 19.9 Å². The van der Waals surface area contributed by atoms with Gasteiger partial charge in [0, 0.05) is 9.75 Å². The van der Waals surface area contributed by atoms with Gasteiger partial charge < -0.3 is 9.72 Å². The number of hydrogen-bond acceptors (Lipinski definition) is 6. The van der Waals surface area contributed by atoms with Gasteiger partial charge in [-0.15, -0.1) is 22.7 Å². The van der Waals surface area contributed by atoms with E-state index in [1.54, 1.807) is 0 Å². The monoisotopic (exact) mass is 360 g/mol. The molecule has 1 aliphatic rings. The van der Waals surface area contributed by atoms with Gasteiger partial charge in [0.25, 0.3) is 5.56 Å². The van der Waals surface area contributed by atoms with E-state index in [4.69, 9.17) is 4.74 Å². The van der Waals surface area contributed by atoms with Crippen molar-refractivity contribution in [1.82, 2.24) is 9.97 Å². The van der Waals surface area contributed by atoms with E-state index in [9.17, 15) is 9.59 Å². The molecule has 7 heteroatoms. The SMILES string of the molecule is Cc1sc2nc(COC(=O)c3cc4c(s3)CCC4)[nH]c(=O)c2c1C. The van der Waals surface area contributed by atoms with Crippen LogP contribution in [0.2, 0.25) is 0 Å². The van der Waals surface area contributed by atoms with Crippen molar-refractivity contribution < 1.29 is 9.53 Å². The van der Waals surface area contributed by atoms with Crippen LogP contribution in [-0.4, -0.2) is 15.9 Å². The molecule has 0 amide bonds. The molecule has 1 aliphatic carbocycles. The first-order valence-corrected chi connectivity index (χ1v) is 9.44. The first kappa shape index (κ1) is 15.5. The fraction of sp³-hybridized carbons (Fsp3) is 0.353. The molecule has 1 N–H and O–H groups in total. The quantitative estimate of drug-likeness (QED) is 0.726. The highest BCUT2D eigenvalue weighted by Crippen LogP contribution is 2.31. The lowest BCUT2D eigenvalue weighted by atomic mass is 10.2. The van der Waals surface area contributed by atoms with Crippen molar-refractivity contribution >= 4 is 38.9 Å². The molecule has 0 saturated carbocycles. The number of rotatable bonds is 3. The van der Waals surface area contributed by atoms with Gasteiger partial charge in [-0.25, -0.2) is 9.78 Å². The van der Waals surface area contributed by atoms with Crippen molar-refractivity contribution in [2.24, 2.45) is 0 Å². The van der Waals surface area contributed by atoms with Crippen molar-refractivity contribution in [2.75, 3.05) is 0 Å². The summed E-state index contributed by atoms with van der Waals surface area (Å²) >= 11 is 3.00. The molecule has 3 heterocycles. The standard InChI is InChI=1S/C17H16N2O3S2/c1-8-9(2)23-16-14(8)15(20)18-13(19-16)7-22-17(21)12-6-10-4-3-5-11(10)24-12/h6H,3-5,7H2,1-2H3,(H,18,19,20). The van der Waals surface area contributed by atoms with Gasteiger partial charge >= 0.3 is 5.97 Å². The van der Waals surface area contributed by atoms with Crippen LogP contribution < -0.4 is 5.56 Å². The zero-order valence-corrected chi connectivity index (χ0v) is 15.0. The van der Waals surface area contributed by atoms with Crippen molar-refractivity contribution in [1.29, 1.82) is 0 Å². The number of esters is 1. The van der Waals surface area contributed by atoms with E-state index in [0.717, 1.165) is 23.3 Å². The van der Waals surface area contributed by atoms with Crippen molar-refractivity contribution in [3.05, 3.63) is 48.0 Å². The van der Waals surface area contributed by atoms with Gasteiger partial charge in [-0.05, 0) is 50.3 Å². The Morgan fingerprint density at radius 3 is 2.96 bits per heavy atom. The maximum atomic E-state index is 12.2. The van der Waals surface area contributed by atoms with E-state index >= 15 is 0 Å². The third-order valence-electron chi connectivity index (χ3n) is 4.38. The number of aromatic nitrogens is 2. The molecule has 5 nitrogen and oxygen atoms in total. The van der Waals surface area contributed by atoms with Crippen molar-refractivity contribution in [3.63, 3.8) is 0 Å². The maximum Gasteiger partial charge on any atom is 0.348 e. The number of carbonyl (C=O) groups excluding carboxylic acids is 1. The minimum absolute atomic E-state index is 0.0252. The van der Waals surface area contributed by atoms with Gasteiger partial charge in [0.1, 0.15) is 22.1 Å². The number of aromatic amines is 1. The Kier molecular flexibility index (Phi) is 3.77. The normalized spacial score (nSPS) is 13.4. The Morgan fingerprint density at radius 1 is 1.33 bits per heavy atom. The van der Waals surface area contributed by atoms with Crippen LogP contribution in [0.5, 0.6) is 0 Å². The molecule has 0 fully saturated rings. The second-order valence-corrected chi connectivity index (χ2v) is 8.30.